The van der Waals surface area contributed by atoms with Gasteiger partial charge in [-0.3, -0.25) is 14.2 Å². The van der Waals surface area contributed by atoms with Gasteiger partial charge in [0.2, 0.25) is 10.0 Å². The summed E-state index contributed by atoms with van der Waals surface area (Å²) in [5, 5.41) is 0. The summed E-state index contributed by atoms with van der Waals surface area (Å²) in [6.45, 7) is 0.186. The largest absolute Gasteiger partial charge is 0.284 e. The highest BCUT2D eigenvalue weighted by atomic mass is 32.2. The van der Waals surface area contributed by atoms with E-state index in [0.717, 1.165) is 10.7 Å². The maximum atomic E-state index is 12.7. The van der Waals surface area contributed by atoms with Crippen LogP contribution in [0.4, 0.5) is 0 Å². The van der Waals surface area contributed by atoms with Gasteiger partial charge in [0, 0.05) is 24.5 Å². The lowest BCUT2D eigenvalue weighted by Crippen LogP contribution is -2.38. The normalized spacial score (nSPS) is 17.2. The molecule has 126 valence electrons. The van der Waals surface area contributed by atoms with Gasteiger partial charge in [-0.25, -0.2) is 12.7 Å². The Kier molecular flexibility index (Phi) is 4.53. The number of hydrogen-bond donors (Lipinski definition) is 0. The second kappa shape index (κ2) is 6.60. The lowest BCUT2D eigenvalue weighted by Gasteiger charge is -2.20. The standard InChI is InChI=1S/C17H18N2O4S/c20-16-10-9-14(13-18(16)15-7-3-1-4-8-15)17(21)19-11-5-2-6-12-24(19,22)23/h1,3-4,7-10,13H,2,5-6,11-12H2. The number of amides is 1. The summed E-state index contributed by atoms with van der Waals surface area (Å²) in [5.74, 6) is -0.599. The van der Waals surface area contributed by atoms with Gasteiger partial charge in [0.15, 0.2) is 0 Å². The summed E-state index contributed by atoms with van der Waals surface area (Å²) >= 11 is 0. The highest BCUT2D eigenvalue weighted by Crippen LogP contribution is 2.17. The monoisotopic (exact) mass is 346 g/mol. The van der Waals surface area contributed by atoms with Crippen molar-refractivity contribution in [2.75, 3.05) is 12.3 Å². The van der Waals surface area contributed by atoms with Crippen molar-refractivity contribution >= 4 is 15.9 Å². The first kappa shape index (κ1) is 16.4. The molecule has 1 fully saturated rings. The Morgan fingerprint density at radius 2 is 1.71 bits per heavy atom. The van der Waals surface area contributed by atoms with Gasteiger partial charge in [-0.05, 0) is 31.0 Å². The van der Waals surface area contributed by atoms with E-state index in [9.17, 15) is 18.0 Å². The zero-order valence-corrected chi connectivity index (χ0v) is 13.9. The Labute approximate surface area is 140 Å². The Hall–Kier alpha value is -2.41. The Morgan fingerprint density at radius 3 is 2.46 bits per heavy atom. The van der Waals surface area contributed by atoms with Gasteiger partial charge in [0.1, 0.15) is 0 Å². The minimum absolute atomic E-state index is 0.0168. The molecule has 0 spiro atoms. The molecule has 2 aromatic rings. The first-order chi connectivity index (χ1) is 11.5. The van der Waals surface area contributed by atoms with Crippen LogP contribution in [-0.2, 0) is 10.0 Å². The van der Waals surface area contributed by atoms with Crippen LogP contribution < -0.4 is 5.56 Å². The molecule has 3 rings (SSSR count). The third-order valence-corrected chi connectivity index (χ3v) is 5.84. The third kappa shape index (κ3) is 3.26. The van der Waals surface area contributed by atoms with E-state index in [1.165, 1.54) is 22.9 Å². The molecule has 1 aromatic heterocycles. The fourth-order valence-corrected chi connectivity index (χ4v) is 4.30. The van der Waals surface area contributed by atoms with E-state index in [1.807, 2.05) is 6.07 Å². The average molecular weight is 346 g/mol. The molecule has 0 bridgehead atoms. The molecule has 7 heteroatoms. The summed E-state index contributed by atoms with van der Waals surface area (Å²) in [7, 11) is -3.60. The van der Waals surface area contributed by atoms with Crippen molar-refractivity contribution in [3.8, 4) is 5.69 Å². The minimum atomic E-state index is -3.60. The van der Waals surface area contributed by atoms with Crippen molar-refractivity contribution in [1.29, 1.82) is 0 Å². The molecule has 24 heavy (non-hydrogen) atoms. The van der Waals surface area contributed by atoms with Crippen LogP contribution in [0.15, 0.2) is 53.5 Å². The molecule has 0 radical (unpaired) electrons. The molecule has 0 N–H and O–H groups in total. The molecule has 1 aromatic carbocycles. The molecule has 0 saturated carbocycles. The molecule has 0 aliphatic carbocycles. The number of pyridine rings is 1. The number of benzene rings is 1. The Bertz CT molecular complexity index is 904. The minimum Gasteiger partial charge on any atom is -0.284 e. The number of carbonyl (C=O) groups excluding carboxylic acids is 1. The van der Waals surface area contributed by atoms with Crippen molar-refractivity contribution < 1.29 is 13.2 Å². The predicted molar refractivity (Wildman–Crippen MR) is 90.7 cm³/mol. The van der Waals surface area contributed by atoms with Gasteiger partial charge >= 0.3 is 0 Å². The van der Waals surface area contributed by atoms with Crippen LogP contribution in [0.25, 0.3) is 5.69 Å². The number of aromatic nitrogens is 1. The number of nitrogens with zero attached hydrogens (tertiary/aromatic N) is 2. The molecule has 6 nitrogen and oxygen atoms in total. The van der Waals surface area contributed by atoms with Crippen LogP contribution >= 0.6 is 0 Å². The van der Waals surface area contributed by atoms with E-state index in [1.54, 1.807) is 24.3 Å². The number of para-hydroxylation sites is 1. The molecule has 1 aliphatic heterocycles. The summed E-state index contributed by atoms with van der Waals surface area (Å²) in [6, 6.07) is 11.6. The first-order valence-corrected chi connectivity index (χ1v) is 9.43. The molecule has 1 amide bonds. The molecule has 0 atom stereocenters. The van der Waals surface area contributed by atoms with Crippen LogP contribution in [0.5, 0.6) is 0 Å². The highest BCUT2D eigenvalue weighted by Gasteiger charge is 2.29. The second-order valence-corrected chi connectivity index (χ2v) is 7.73. The van der Waals surface area contributed by atoms with Gasteiger partial charge in [-0.2, -0.15) is 0 Å². The lowest BCUT2D eigenvalue weighted by atomic mass is 10.2. The zero-order valence-electron chi connectivity index (χ0n) is 13.1. The van der Waals surface area contributed by atoms with E-state index < -0.39 is 15.9 Å². The third-order valence-electron chi connectivity index (χ3n) is 4.02. The second-order valence-electron chi connectivity index (χ2n) is 5.72. The van der Waals surface area contributed by atoms with Crippen LogP contribution in [0.3, 0.4) is 0 Å². The lowest BCUT2D eigenvalue weighted by molar-refractivity contribution is 0.0861. The summed E-state index contributed by atoms with van der Waals surface area (Å²) in [4.78, 5) is 24.8. The molecule has 1 aliphatic rings. The SMILES string of the molecule is O=C(c1ccc(=O)n(-c2ccccc2)c1)N1CCCCCS1(=O)=O. The van der Waals surface area contributed by atoms with E-state index in [-0.39, 0.29) is 23.4 Å². The Morgan fingerprint density at radius 1 is 0.958 bits per heavy atom. The van der Waals surface area contributed by atoms with Gasteiger partial charge in [0.05, 0.1) is 11.3 Å². The molecule has 2 heterocycles. The van der Waals surface area contributed by atoms with Gasteiger partial charge in [0.25, 0.3) is 11.5 Å². The van der Waals surface area contributed by atoms with Crippen molar-refractivity contribution in [2.45, 2.75) is 19.3 Å². The van der Waals surface area contributed by atoms with E-state index in [2.05, 4.69) is 0 Å². The molecule has 1 saturated heterocycles. The van der Waals surface area contributed by atoms with Crippen molar-refractivity contribution in [3.05, 3.63) is 64.6 Å². The highest BCUT2D eigenvalue weighted by molar-refractivity contribution is 7.89. The van der Waals surface area contributed by atoms with Crippen LogP contribution in [0, 0.1) is 0 Å². The van der Waals surface area contributed by atoms with E-state index in [4.69, 9.17) is 0 Å². The zero-order chi connectivity index (χ0) is 17.2. The maximum absolute atomic E-state index is 12.7. The fourth-order valence-electron chi connectivity index (χ4n) is 2.74. The van der Waals surface area contributed by atoms with Crippen LogP contribution in [0.1, 0.15) is 29.6 Å². The summed E-state index contributed by atoms with van der Waals surface area (Å²) in [6.07, 6.45) is 3.41. The predicted octanol–water partition coefficient (Wildman–Crippen LogP) is 1.79. The summed E-state index contributed by atoms with van der Waals surface area (Å²) in [5.41, 5.74) is 0.524. The number of sulfonamides is 1. The van der Waals surface area contributed by atoms with E-state index in [0.29, 0.717) is 18.5 Å². The van der Waals surface area contributed by atoms with Gasteiger partial charge in [-0.1, -0.05) is 24.6 Å². The smallest absolute Gasteiger partial charge is 0.268 e. The maximum Gasteiger partial charge on any atom is 0.268 e. The quantitative estimate of drug-likeness (QED) is 0.831. The van der Waals surface area contributed by atoms with Crippen LogP contribution in [-0.4, -0.2) is 35.5 Å². The summed E-state index contributed by atoms with van der Waals surface area (Å²) < 4.78 is 26.8. The Balaban J connectivity index is 2.01. The fraction of sp³-hybridized carbons (Fsp3) is 0.294. The average Bonchev–Trinajstić information content (AvgIpc) is 2.76. The first-order valence-electron chi connectivity index (χ1n) is 7.82. The van der Waals surface area contributed by atoms with Gasteiger partial charge < -0.3 is 0 Å². The van der Waals surface area contributed by atoms with Crippen molar-refractivity contribution in [1.82, 2.24) is 8.87 Å². The van der Waals surface area contributed by atoms with Crippen molar-refractivity contribution in [3.63, 3.8) is 0 Å². The molecule has 0 unspecified atom stereocenters. The number of hydrogen-bond acceptors (Lipinski definition) is 4. The van der Waals surface area contributed by atoms with E-state index >= 15 is 0 Å². The topological polar surface area (TPSA) is 76.5 Å². The van der Waals surface area contributed by atoms with Crippen LogP contribution in [0.2, 0.25) is 0 Å². The van der Waals surface area contributed by atoms with Gasteiger partial charge in [-0.15, -0.1) is 0 Å². The number of rotatable bonds is 2. The van der Waals surface area contributed by atoms with Crippen molar-refractivity contribution in [2.24, 2.45) is 0 Å². The molecular formula is C17H18N2O4S. The molecular weight excluding hydrogens is 328 g/mol. The number of carbonyl (C=O) groups is 1.